The molecule has 106 valence electrons. The molecular weight excluding hydrogens is 266 g/mol. The molecule has 3 rings (SSSR count). The Labute approximate surface area is 122 Å². The summed E-state index contributed by atoms with van der Waals surface area (Å²) in [5.74, 6) is -0.182. The summed E-state index contributed by atoms with van der Waals surface area (Å²) in [5.41, 5.74) is 3.52. The highest BCUT2D eigenvalue weighted by Gasteiger charge is 2.13. The highest BCUT2D eigenvalue weighted by molar-refractivity contribution is 5.93. The first-order valence-corrected chi connectivity index (χ1v) is 6.62. The molecule has 4 nitrogen and oxygen atoms in total. The van der Waals surface area contributed by atoms with E-state index in [0.717, 1.165) is 11.1 Å². The second kappa shape index (κ2) is 5.07. The normalized spacial score (nSPS) is 11.0. The van der Waals surface area contributed by atoms with Crippen molar-refractivity contribution in [1.82, 2.24) is 4.98 Å². The standard InChI is InChI=1S/C17H15NO3/c1-10-2-4-11(5-3-10)14-8-15(20)16-13(18-14)7-6-12(9-19)17(16)21/h2-8,19,21H,9H2,1H3,(H,18,20). The maximum absolute atomic E-state index is 10.2. The smallest absolute Gasteiger partial charge is 0.134 e. The lowest BCUT2D eigenvalue weighted by atomic mass is 10.0. The van der Waals surface area contributed by atoms with Gasteiger partial charge in [-0.1, -0.05) is 35.9 Å². The van der Waals surface area contributed by atoms with Crippen LogP contribution in [-0.4, -0.2) is 20.3 Å². The summed E-state index contributed by atoms with van der Waals surface area (Å²) in [4.78, 5) is 4.47. The fraction of sp³-hybridized carbons (Fsp3) is 0.118. The van der Waals surface area contributed by atoms with E-state index in [2.05, 4.69) is 4.98 Å². The quantitative estimate of drug-likeness (QED) is 0.674. The molecule has 0 fully saturated rings. The van der Waals surface area contributed by atoms with Crippen molar-refractivity contribution in [3.63, 3.8) is 0 Å². The molecule has 0 saturated heterocycles. The molecule has 0 unspecified atom stereocenters. The van der Waals surface area contributed by atoms with Gasteiger partial charge in [0.15, 0.2) is 0 Å². The third-order valence-electron chi connectivity index (χ3n) is 3.53. The van der Waals surface area contributed by atoms with Crippen molar-refractivity contribution < 1.29 is 15.3 Å². The molecule has 0 bridgehead atoms. The SMILES string of the molecule is Cc1ccc(-c2cc(O)c3c(O)c(CO)ccc3n2)cc1. The summed E-state index contributed by atoms with van der Waals surface area (Å²) in [6.45, 7) is 1.71. The minimum Gasteiger partial charge on any atom is -0.507 e. The predicted octanol–water partition coefficient (Wildman–Crippen LogP) is 3.11. The Balaban J connectivity index is 2.22. The molecule has 0 atom stereocenters. The number of hydrogen-bond acceptors (Lipinski definition) is 4. The molecule has 0 aliphatic rings. The van der Waals surface area contributed by atoms with Crippen LogP contribution in [-0.2, 0) is 6.61 Å². The van der Waals surface area contributed by atoms with Gasteiger partial charge < -0.3 is 15.3 Å². The molecule has 3 N–H and O–H groups in total. The highest BCUT2D eigenvalue weighted by atomic mass is 16.3. The van der Waals surface area contributed by atoms with Crippen molar-refractivity contribution in [2.75, 3.05) is 0 Å². The van der Waals surface area contributed by atoms with Gasteiger partial charge >= 0.3 is 0 Å². The van der Waals surface area contributed by atoms with E-state index in [1.54, 1.807) is 12.1 Å². The van der Waals surface area contributed by atoms with E-state index in [0.29, 0.717) is 16.8 Å². The molecule has 4 heteroatoms. The molecule has 0 spiro atoms. The van der Waals surface area contributed by atoms with Crippen molar-refractivity contribution in [1.29, 1.82) is 0 Å². The van der Waals surface area contributed by atoms with Crippen LogP contribution >= 0.6 is 0 Å². The van der Waals surface area contributed by atoms with Crippen molar-refractivity contribution in [2.45, 2.75) is 13.5 Å². The van der Waals surface area contributed by atoms with Gasteiger partial charge in [0.25, 0.3) is 0 Å². The fourth-order valence-electron chi connectivity index (χ4n) is 2.33. The van der Waals surface area contributed by atoms with E-state index in [1.807, 2.05) is 31.2 Å². The molecule has 2 aromatic carbocycles. The molecular formula is C17H15NO3. The van der Waals surface area contributed by atoms with Crippen molar-refractivity contribution in [3.05, 3.63) is 53.6 Å². The van der Waals surface area contributed by atoms with Crippen LogP contribution in [0.2, 0.25) is 0 Å². The summed E-state index contributed by atoms with van der Waals surface area (Å²) < 4.78 is 0. The van der Waals surface area contributed by atoms with Gasteiger partial charge in [-0.05, 0) is 13.0 Å². The summed E-state index contributed by atoms with van der Waals surface area (Å²) in [6, 6.07) is 12.6. The number of aryl methyl sites for hydroxylation is 1. The van der Waals surface area contributed by atoms with Crippen LogP contribution in [0.5, 0.6) is 11.5 Å². The lowest BCUT2D eigenvalue weighted by Gasteiger charge is -2.09. The van der Waals surface area contributed by atoms with Gasteiger partial charge in [0, 0.05) is 17.2 Å². The molecule has 21 heavy (non-hydrogen) atoms. The molecule has 1 heterocycles. The van der Waals surface area contributed by atoms with Crippen LogP contribution in [0.4, 0.5) is 0 Å². The minimum atomic E-state index is -0.291. The zero-order valence-electron chi connectivity index (χ0n) is 11.5. The number of hydrogen-bond donors (Lipinski definition) is 3. The van der Waals surface area contributed by atoms with Gasteiger partial charge in [-0.2, -0.15) is 0 Å². The second-order valence-corrected chi connectivity index (χ2v) is 5.02. The summed E-state index contributed by atoms with van der Waals surface area (Å²) in [6.07, 6.45) is 0. The van der Waals surface area contributed by atoms with E-state index >= 15 is 0 Å². The molecule has 0 radical (unpaired) electrons. The molecule has 0 amide bonds. The zero-order chi connectivity index (χ0) is 15.0. The molecule has 0 aliphatic carbocycles. The third-order valence-corrected chi connectivity index (χ3v) is 3.53. The molecule has 3 aromatic rings. The van der Waals surface area contributed by atoms with Crippen LogP contribution in [0.15, 0.2) is 42.5 Å². The number of rotatable bonds is 2. The molecule has 1 aromatic heterocycles. The maximum Gasteiger partial charge on any atom is 0.134 e. The Hall–Kier alpha value is -2.59. The van der Waals surface area contributed by atoms with Gasteiger partial charge in [0.2, 0.25) is 0 Å². The Morgan fingerprint density at radius 2 is 1.71 bits per heavy atom. The number of benzene rings is 2. The van der Waals surface area contributed by atoms with Crippen LogP contribution in [0, 0.1) is 6.92 Å². The average molecular weight is 281 g/mol. The number of fused-ring (bicyclic) bond motifs is 1. The topological polar surface area (TPSA) is 73.6 Å². The summed E-state index contributed by atoms with van der Waals surface area (Å²) in [7, 11) is 0. The van der Waals surface area contributed by atoms with Crippen LogP contribution in [0.25, 0.3) is 22.2 Å². The maximum atomic E-state index is 10.2. The highest BCUT2D eigenvalue weighted by Crippen LogP contribution is 2.36. The van der Waals surface area contributed by atoms with Crippen molar-refractivity contribution >= 4 is 10.9 Å². The summed E-state index contributed by atoms with van der Waals surface area (Å²) >= 11 is 0. The van der Waals surface area contributed by atoms with Crippen LogP contribution in [0.3, 0.4) is 0 Å². The first kappa shape index (κ1) is 13.4. The number of aromatic nitrogens is 1. The Morgan fingerprint density at radius 3 is 2.38 bits per heavy atom. The summed E-state index contributed by atoms with van der Waals surface area (Å²) in [5, 5.41) is 29.7. The van der Waals surface area contributed by atoms with E-state index < -0.39 is 0 Å². The number of aliphatic hydroxyl groups is 1. The Bertz CT molecular complexity index is 810. The van der Waals surface area contributed by atoms with Gasteiger partial charge in [-0.3, -0.25) is 0 Å². The lowest BCUT2D eigenvalue weighted by molar-refractivity contribution is 0.276. The number of aliphatic hydroxyl groups excluding tert-OH is 1. The van der Waals surface area contributed by atoms with E-state index in [-0.39, 0.29) is 23.5 Å². The predicted molar refractivity (Wildman–Crippen MR) is 81.2 cm³/mol. The van der Waals surface area contributed by atoms with Gasteiger partial charge in [0.1, 0.15) is 11.5 Å². The van der Waals surface area contributed by atoms with Gasteiger partial charge in [0.05, 0.1) is 23.2 Å². The van der Waals surface area contributed by atoms with E-state index in [9.17, 15) is 10.2 Å². The zero-order valence-corrected chi connectivity index (χ0v) is 11.5. The first-order valence-electron chi connectivity index (χ1n) is 6.62. The number of phenols is 1. The largest absolute Gasteiger partial charge is 0.507 e. The number of nitrogens with zero attached hydrogens (tertiary/aromatic N) is 1. The Kier molecular flexibility index (Phi) is 3.23. The second-order valence-electron chi connectivity index (χ2n) is 5.02. The number of aromatic hydroxyl groups is 2. The lowest BCUT2D eigenvalue weighted by Crippen LogP contribution is -1.90. The van der Waals surface area contributed by atoms with Gasteiger partial charge in [-0.15, -0.1) is 0 Å². The fourth-order valence-corrected chi connectivity index (χ4v) is 2.33. The van der Waals surface area contributed by atoms with Crippen molar-refractivity contribution in [2.24, 2.45) is 0 Å². The Morgan fingerprint density at radius 1 is 1.00 bits per heavy atom. The minimum absolute atomic E-state index is 0.0524. The van der Waals surface area contributed by atoms with Crippen molar-refractivity contribution in [3.8, 4) is 22.8 Å². The van der Waals surface area contributed by atoms with E-state index in [1.165, 1.54) is 6.07 Å². The van der Waals surface area contributed by atoms with Gasteiger partial charge in [-0.25, -0.2) is 4.98 Å². The molecule has 0 aliphatic heterocycles. The molecule has 0 saturated carbocycles. The van der Waals surface area contributed by atoms with E-state index in [4.69, 9.17) is 5.11 Å². The number of pyridine rings is 1. The first-order chi connectivity index (χ1) is 10.1. The average Bonchev–Trinajstić information content (AvgIpc) is 2.48. The monoisotopic (exact) mass is 281 g/mol. The van der Waals surface area contributed by atoms with Crippen LogP contribution < -0.4 is 0 Å². The third kappa shape index (κ3) is 2.30. The van der Waals surface area contributed by atoms with Crippen LogP contribution in [0.1, 0.15) is 11.1 Å².